The van der Waals surface area contributed by atoms with Crippen molar-refractivity contribution >= 4 is 15.9 Å². The molecule has 0 aromatic rings. The molecule has 0 rings (SSSR count). The normalized spacial score (nSPS) is 12.4. The van der Waals surface area contributed by atoms with Gasteiger partial charge in [0.15, 0.2) is 0 Å². The van der Waals surface area contributed by atoms with Crippen LogP contribution in [-0.2, 0) is 4.74 Å². The maximum absolute atomic E-state index is 6.13. The quantitative estimate of drug-likeness (QED) is 0.103. The van der Waals surface area contributed by atoms with E-state index in [9.17, 15) is 0 Å². The highest BCUT2D eigenvalue weighted by molar-refractivity contribution is 9.09. The lowest BCUT2D eigenvalue weighted by Crippen LogP contribution is -2.12. The third-order valence-electron chi connectivity index (χ3n) is 4.42. The zero-order chi connectivity index (χ0) is 20.5. The van der Waals surface area contributed by atoms with Gasteiger partial charge in [0.2, 0.25) is 0 Å². The Morgan fingerprint density at radius 3 is 1.54 bits per heavy atom. The number of hydrogen-bond donors (Lipinski definition) is 0. The Hall–Kier alpha value is -1.12. The van der Waals surface area contributed by atoms with Gasteiger partial charge in [0.25, 0.3) is 0 Å². The van der Waals surface area contributed by atoms with E-state index in [4.69, 9.17) is 4.74 Å². The van der Waals surface area contributed by atoms with Crippen LogP contribution in [0.3, 0.4) is 0 Å². The Morgan fingerprint density at radius 2 is 1.07 bits per heavy atom. The molecular weight excluding hydrogens is 408 g/mol. The van der Waals surface area contributed by atoms with E-state index >= 15 is 0 Å². The van der Waals surface area contributed by atoms with Crippen LogP contribution in [0.4, 0.5) is 0 Å². The van der Waals surface area contributed by atoms with Gasteiger partial charge in [-0.3, -0.25) is 0 Å². The smallest absolute Gasteiger partial charge is 0.0644 e. The van der Waals surface area contributed by atoms with Crippen LogP contribution in [0.15, 0.2) is 73.9 Å². The van der Waals surface area contributed by atoms with Crippen molar-refractivity contribution in [1.29, 1.82) is 0 Å². The molecule has 28 heavy (non-hydrogen) atoms. The van der Waals surface area contributed by atoms with Crippen LogP contribution in [0.2, 0.25) is 0 Å². The van der Waals surface area contributed by atoms with Gasteiger partial charge in [-0.1, -0.05) is 135 Å². The molecular formula is C26H41BrO. The van der Waals surface area contributed by atoms with Crippen LogP contribution in [0.25, 0.3) is 0 Å². The molecule has 0 amide bonds. The minimum absolute atomic E-state index is 0.246. The maximum Gasteiger partial charge on any atom is 0.0644 e. The lowest BCUT2D eigenvalue weighted by atomic mass is 10.1. The second-order valence-electron chi connectivity index (χ2n) is 6.93. The lowest BCUT2D eigenvalue weighted by Gasteiger charge is -2.14. The van der Waals surface area contributed by atoms with Gasteiger partial charge in [0.05, 0.1) is 6.10 Å². The fraction of sp³-hybridized carbons (Fsp3) is 0.538. The molecule has 2 heteroatoms. The van der Waals surface area contributed by atoms with Crippen LogP contribution < -0.4 is 0 Å². The lowest BCUT2D eigenvalue weighted by molar-refractivity contribution is 0.0546. The predicted molar refractivity (Wildman–Crippen MR) is 131 cm³/mol. The van der Waals surface area contributed by atoms with E-state index < -0.39 is 0 Å². The van der Waals surface area contributed by atoms with E-state index in [0.717, 1.165) is 24.8 Å². The summed E-state index contributed by atoms with van der Waals surface area (Å²) in [6.07, 6.45) is 34.1. The molecule has 0 saturated heterocycles. The number of rotatable bonds is 20. The monoisotopic (exact) mass is 448 g/mol. The number of allylic oxidation sites excluding steroid dienone is 8. The largest absolute Gasteiger partial charge is 0.378 e. The van der Waals surface area contributed by atoms with Crippen LogP contribution in [-0.4, -0.2) is 18.0 Å². The van der Waals surface area contributed by atoms with Crippen molar-refractivity contribution in [2.45, 2.75) is 76.7 Å². The Bertz CT molecular complexity index is 429. The van der Waals surface area contributed by atoms with Crippen molar-refractivity contribution < 1.29 is 4.74 Å². The Balaban J connectivity index is 3.92. The van der Waals surface area contributed by atoms with Crippen molar-refractivity contribution in [2.24, 2.45) is 0 Å². The molecule has 0 bridgehead atoms. The molecule has 0 atom stereocenters. The first-order chi connectivity index (χ1) is 13.8. The van der Waals surface area contributed by atoms with Crippen LogP contribution >= 0.6 is 15.9 Å². The number of unbranched alkanes of at least 4 members (excludes halogenated alkanes) is 8. The maximum atomic E-state index is 6.13. The van der Waals surface area contributed by atoms with E-state index in [2.05, 4.69) is 53.4 Å². The molecule has 0 heterocycles. The highest BCUT2D eigenvalue weighted by Crippen LogP contribution is 2.12. The van der Waals surface area contributed by atoms with E-state index in [1.165, 1.54) is 57.8 Å². The Kier molecular flexibility index (Phi) is 23.0. The molecule has 0 aliphatic rings. The van der Waals surface area contributed by atoms with E-state index in [-0.39, 0.29) is 6.10 Å². The summed E-state index contributed by atoms with van der Waals surface area (Å²) in [6.45, 7) is 8.23. The minimum Gasteiger partial charge on any atom is -0.378 e. The van der Waals surface area contributed by atoms with E-state index in [0.29, 0.717) is 0 Å². The van der Waals surface area contributed by atoms with Crippen molar-refractivity contribution in [1.82, 2.24) is 0 Å². The van der Waals surface area contributed by atoms with Crippen LogP contribution in [0, 0.1) is 0 Å². The van der Waals surface area contributed by atoms with E-state index in [1.807, 2.05) is 24.3 Å². The number of hydrogen-bond acceptors (Lipinski definition) is 1. The number of ether oxygens (including phenoxy) is 1. The molecule has 0 aromatic heterocycles. The summed E-state index contributed by atoms with van der Waals surface area (Å²) in [4.78, 5) is 0. The molecule has 0 aromatic carbocycles. The first-order valence-corrected chi connectivity index (χ1v) is 12.0. The van der Waals surface area contributed by atoms with Crippen molar-refractivity contribution in [2.75, 3.05) is 11.9 Å². The first-order valence-electron chi connectivity index (χ1n) is 10.9. The highest BCUT2D eigenvalue weighted by Gasteiger charge is 2.05. The molecule has 0 radical (unpaired) electrons. The topological polar surface area (TPSA) is 9.23 Å². The van der Waals surface area contributed by atoms with Crippen molar-refractivity contribution in [3.8, 4) is 0 Å². The van der Waals surface area contributed by atoms with Gasteiger partial charge in [0.1, 0.15) is 0 Å². The summed E-state index contributed by atoms with van der Waals surface area (Å²) >= 11 is 3.49. The second-order valence-corrected chi connectivity index (χ2v) is 7.73. The first kappa shape index (κ1) is 26.9. The molecule has 0 unspecified atom stereocenters. The summed E-state index contributed by atoms with van der Waals surface area (Å²) in [6, 6.07) is 0. The molecule has 158 valence electrons. The SMILES string of the molecule is C=C/C=C\C=C/CC(C/C=C\C=C/C=C)OCCCCCCCCCCCBr. The summed E-state index contributed by atoms with van der Waals surface area (Å²) in [5.41, 5.74) is 0. The standard InChI is InChI=1S/C26H41BrO/c1-3-5-7-14-18-22-26(23-19-15-8-6-4-2)28-25-21-17-13-11-9-10-12-16-20-24-27/h3-8,14-15,18-19,26H,1-2,9-13,16-17,20-25H2/b7-5-,8-6-,18-14-,19-15-. The zero-order valence-electron chi connectivity index (χ0n) is 17.7. The highest BCUT2D eigenvalue weighted by atomic mass is 79.9. The third-order valence-corrected chi connectivity index (χ3v) is 4.98. The van der Waals surface area contributed by atoms with Gasteiger partial charge in [-0.2, -0.15) is 0 Å². The summed E-state index contributed by atoms with van der Waals surface area (Å²) < 4.78 is 6.13. The summed E-state index contributed by atoms with van der Waals surface area (Å²) in [5, 5.41) is 1.15. The van der Waals surface area contributed by atoms with Crippen molar-refractivity contribution in [3.05, 3.63) is 73.9 Å². The van der Waals surface area contributed by atoms with Gasteiger partial charge < -0.3 is 4.74 Å². The Morgan fingerprint density at radius 1 is 0.607 bits per heavy atom. The van der Waals surface area contributed by atoms with Gasteiger partial charge >= 0.3 is 0 Å². The van der Waals surface area contributed by atoms with Gasteiger partial charge in [-0.05, 0) is 25.7 Å². The van der Waals surface area contributed by atoms with Gasteiger partial charge in [-0.25, -0.2) is 0 Å². The van der Waals surface area contributed by atoms with Crippen molar-refractivity contribution in [3.63, 3.8) is 0 Å². The van der Waals surface area contributed by atoms with Crippen LogP contribution in [0.1, 0.15) is 70.6 Å². The number of alkyl halides is 1. The predicted octanol–water partition coefficient (Wildman–Crippen LogP) is 8.65. The number of halogens is 1. The average Bonchev–Trinajstić information content (AvgIpc) is 2.71. The molecule has 0 aliphatic heterocycles. The van der Waals surface area contributed by atoms with Crippen LogP contribution in [0.5, 0.6) is 0 Å². The second kappa shape index (κ2) is 23.9. The van der Waals surface area contributed by atoms with Gasteiger partial charge in [0, 0.05) is 11.9 Å². The average molecular weight is 450 g/mol. The fourth-order valence-corrected chi connectivity index (χ4v) is 3.22. The zero-order valence-corrected chi connectivity index (χ0v) is 19.3. The molecule has 0 fully saturated rings. The van der Waals surface area contributed by atoms with E-state index in [1.54, 1.807) is 12.2 Å². The fourth-order valence-electron chi connectivity index (χ4n) is 2.82. The molecule has 0 saturated carbocycles. The summed E-state index contributed by atoms with van der Waals surface area (Å²) in [7, 11) is 0. The Labute approximate surface area is 183 Å². The van der Waals surface area contributed by atoms with Gasteiger partial charge in [-0.15, -0.1) is 0 Å². The summed E-state index contributed by atoms with van der Waals surface area (Å²) in [5.74, 6) is 0. The third kappa shape index (κ3) is 21.2. The minimum atomic E-state index is 0.246. The molecule has 0 spiro atoms. The molecule has 0 N–H and O–H groups in total. The molecule has 0 aliphatic carbocycles. The molecule has 1 nitrogen and oxygen atoms in total.